The Kier molecular flexibility index (Phi) is 5.81. The van der Waals surface area contributed by atoms with E-state index in [-0.39, 0.29) is 5.75 Å². The molecule has 0 fully saturated rings. The van der Waals surface area contributed by atoms with Gasteiger partial charge in [-0.25, -0.2) is 10.2 Å². The molecule has 140 valence electrons. The number of aromatic hydroxyl groups is 1. The molecular weight excluding hydrogens is 356 g/mol. The zero-order valence-electron chi connectivity index (χ0n) is 15.1. The minimum atomic E-state index is -0.434. The van der Waals surface area contributed by atoms with Gasteiger partial charge in [-0.15, -0.1) is 0 Å². The van der Waals surface area contributed by atoms with Crippen molar-refractivity contribution >= 4 is 18.1 Å². The lowest BCUT2D eigenvalue weighted by atomic mass is 10.1. The lowest BCUT2D eigenvalue weighted by Crippen LogP contribution is -2.17. The molecular formula is C22H18N2O4. The van der Waals surface area contributed by atoms with E-state index in [0.717, 1.165) is 5.56 Å². The number of benzene rings is 3. The minimum absolute atomic E-state index is 0.00685. The van der Waals surface area contributed by atoms with Gasteiger partial charge in [-0.05, 0) is 67.1 Å². The van der Waals surface area contributed by atoms with Crippen LogP contribution in [0.4, 0.5) is 0 Å². The van der Waals surface area contributed by atoms with E-state index in [4.69, 9.17) is 4.74 Å². The first-order valence-electron chi connectivity index (χ1n) is 8.52. The highest BCUT2D eigenvalue weighted by Gasteiger charge is 2.08. The van der Waals surface area contributed by atoms with Crippen LogP contribution in [0.5, 0.6) is 11.5 Å². The Balaban J connectivity index is 1.56. The second-order valence-corrected chi connectivity index (χ2v) is 6.07. The van der Waals surface area contributed by atoms with Crippen molar-refractivity contribution in [2.45, 2.75) is 6.92 Å². The zero-order chi connectivity index (χ0) is 19.9. The van der Waals surface area contributed by atoms with Gasteiger partial charge in [0.1, 0.15) is 11.5 Å². The number of nitrogens with zero attached hydrogens (tertiary/aromatic N) is 1. The van der Waals surface area contributed by atoms with Gasteiger partial charge < -0.3 is 9.84 Å². The number of esters is 1. The Labute approximate surface area is 162 Å². The molecule has 28 heavy (non-hydrogen) atoms. The smallest absolute Gasteiger partial charge is 0.343 e. The van der Waals surface area contributed by atoms with E-state index < -0.39 is 11.9 Å². The van der Waals surface area contributed by atoms with Crippen LogP contribution in [-0.2, 0) is 0 Å². The Morgan fingerprint density at radius 1 is 0.964 bits per heavy atom. The molecule has 0 aliphatic rings. The molecule has 0 aliphatic carbocycles. The van der Waals surface area contributed by atoms with Crippen LogP contribution in [0.25, 0.3) is 0 Å². The molecule has 0 saturated carbocycles. The molecule has 0 heterocycles. The summed E-state index contributed by atoms with van der Waals surface area (Å²) in [6.45, 7) is 1.95. The largest absolute Gasteiger partial charge is 0.508 e. The number of carbonyl (C=O) groups excluding carboxylic acids is 2. The maximum atomic E-state index is 12.1. The molecule has 3 rings (SSSR count). The molecule has 0 atom stereocenters. The van der Waals surface area contributed by atoms with Crippen LogP contribution >= 0.6 is 0 Å². The van der Waals surface area contributed by atoms with E-state index in [0.29, 0.717) is 22.4 Å². The van der Waals surface area contributed by atoms with Gasteiger partial charge in [0.2, 0.25) is 0 Å². The number of nitrogens with one attached hydrogen (secondary N) is 1. The van der Waals surface area contributed by atoms with Crippen molar-refractivity contribution in [1.29, 1.82) is 0 Å². The first kappa shape index (κ1) is 18.8. The molecule has 0 unspecified atom stereocenters. The van der Waals surface area contributed by atoms with E-state index in [1.165, 1.54) is 18.3 Å². The number of hydrogen-bond donors (Lipinski definition) is 2. The molecule has 6 nitrogen and oxygen atoms in total. The summed E-state index contributed by atoms with van der Waals surface area (Å²) in [5, 5.41) is 13.3. The standard InChI is InChI=1S/C22H18N2O4/c1-15-5-9-17(10-6-15)22(27)28-20-11-7-16(8-12-20)14-23-24-21(26)18-3-2-4-19(25)13-18/h2-14,25H,1H3,(H,24,26)/b23-14+. The van der Waals surface area contributed by atoms with Crippen molar-refractivity contribution in [3.63, 3.8) is 0 Å². The van der Waals surface area contributed by atoms with Crippen LogP contribution in [0, 0.1) is 6.92 Å². The summed E-state index contributed by atoms with van der Waals surface area (Å²) in [4.78, 5) is 24.0. The molecule has 0 spiro atoms. The van der Waals surface area contributed by atoms with Crippen LogP contribution < -0.4 is 10.2 Å². The number of rotatable bonds is 5. The van der Waals surface area contributed by atoms with Crippen LogP contribution in [0.15, 0.2) is 77.9 Å². The van der Waals surface area contributed by atoms with Gasteiger partial charge in [-0.2, -0.15) is 5.10 Å². The van der Waals surface area contributed by atoms with Gasteiger partial charge in [0.25, 0.3) is 5.91 Å². The quantitative estimate of drug-likeness (QED) is 0.309. The Hall–Kier alpha value is -3.93. The number of carbonyl (C=O) groups is 2. The summed E-state index contributed by atoms with van der Waals surface area (Å²) in [5.74, 6) is -0.450. The van der Waals surface area contributed by atoms with Gasteiger partial charge >= 0.3 is 5.97 Å². The van der Waals surface area contributed by atoms with Crippen molar-refractivity contribution < 1.29 is 19.4 Å². The number of phenolic OH excluding ortho intramolecular Hbond substituents is 1. The van der Waals surface area contributed by atoms with E-state index >= 15 is 0 Å². The first-order chi connectivity index (χ1) is 13.5. The lowest BCUT2D eigenvalue weighted by Gasteiger charge is -2.05. The third-order valence-corrected chi connectivity index (χ3v) is 3.87. The Bertz CT molecular complexity index is 1010. The van der Waals surface area contributed by atoms with Crippen molar-refractivity contribution in [3.8, 4) is 11.5 Å². The van der Waals surface area contributed by atoms with Crippen LogP contribution in [0.3, 0.4) is 0 Å². The first-order valence-corrected chi connectivity index (χ1v) is 8.52. The summed E-state index contributed by atoms with van der Waals surface area (Å²) in [6, 6.07) is 19.8. The summed E-state index contributed by atoms with van der Waals surface area (Å²) in [5.41, 5.74) is 4.94. The van der Waals surface area contributed by atoms with E-state index in [1.807, 2.05) is 19.1 Å². The summed E-state index contributed by atoms with van der Waals surface area (Å²) in [7, 11) is 0. The molecule has 2 N–H and O–H groups in total. The summed E-state index contributed by atoms with van der Waals surface area (Å²) >= 11 is 0. The number of phenols is 1. The van der Waals surface area contributed by atoms with Gasteiger partial charge in [-0.3, -0.25) is 4.79 Å². The third kappa shape index (κ3) is 5.04. The monoisotopic (exact) mass is 374 g/mol. The number of hydrazone groups is 1. The fourth-order valence-electron chi connectivity index (χ4n) is 2.35. The van der Waals surface area contributed by atoms with Crippen molar-refractivity contribution in [3.05, 3.63) is 95.1 Å². The van der Waals surface area contributed by atoms with Crippen molar-refractivity contribution in [1.82, 2.24) is 5.43 Å². The SMILES string of the molecule is Cc1ccc(C(=O)Oc2ccc(/C=N/NC(=O)c3cccc(O)c3)cc2)cc1. The normalized spacial score (nSPS) is 10.6. The third-order valence-electron chi connectivity index (χ3n) is 3.87. The molecule has 0 radical (unpaired) electrons. The molecule has 3 aromatic carbocycles. The van der Waals surface area contributed by atoms with Gasteiger partial charge in [-0.1, -0.05) is 23.8 Å². The number of hydrogen-bond acceptors (Lipinski definition) is 5. The lowest BCUT2D eigenvalue weighted by molar-refractivity contribution is 0.0734. The molecule has 3 aromatic rings. The van der Waals surface area contributed by atoms with Gasteiger partial charge in [0.15, 0.2) is 0 Å². The second-order valence-electron chi connectivity index (χ2n) is 6.07. The highest BCUT2D eigenvalue weighted by atomic mass is 16.5. The van der Waals surface area contributed by atoms with Crippen LogP contribution in [0.1, 0.15) is 31.8 Å². The maximum absolute atomic E-state index is 12.1. The fourth-order valence-corrected chi connectivity index (χ4v) is 2.35. The minimum Gasteiger partial charge on any atom is -0.508 e. The van der Waals surface area contributed by atoms with Crippen LogP contribution in [-0.4, -0.2) is 23.2 Å². The molecule has 0 aliphatic heterocycles. The number of aryl methyl sites for hydroxylation is 1. The van der Waals surface area contributed by atoms with E-state index in [1.54, 1.807) is 48.5 Å². The van der Waals surface area contributed by atoms with Gasteiger partial charge in [0, 0.05) is 5.56 Å². The van der Waals surface area contributed by atoms with Crippen molar-refractivity contribution in [2.75, 3.05) is 0 Å². The Morgan fingerprint density at radius 2 is 1.68 bits per heavy atom. The second kappa shape index (κ2) is 8.64. The molecule has 0 aromatic heterocycles. The molecule has 0 bridgehead atoms. The topological polar surface area (TPSA) is 88.0 Å². The highest BCUT2D eigenvalue weighted by Crippen LogP contribution is 2.14. The number of ether oxygens (including phenoxy) is 1. The predicted octanol–water partition coefficient (Wildman–Crippen LogP) is 3.68. The average Bonchev–Trinajstić information content (AvgIpc) is 2.69. The van der Waals surface area contributed by atoms with Gasteiger partial charge in [0.05, 0.1) is 11.8 Å². The van der Waals surface area contributed by atoms with Crippen LogP contribution in [0.2, 0.25) is 0 Å². The Morgan fingerprint density at radius 3 is 2.36 bits per heavy atom. The fraction of sp³-hybridized carbons (Fsp3) is 0.0455. The zero-order valence-corrected chi connectivity index (χ0v) is 15.1. The number of amides is 1. The molecule has 1 amide bonds. The summed E-state index contributed by atoms with van der Waals surface area (Å²) < 4.78 is 5.33. The average molecular weight is 374 g/mol. The predicted molar refractivity (Wildman–Crippen MR) is 106 cm³/mol. The molecule has 6 heteroatoms. The molecule has 0 saturated heterocycles. The van der Waals surface area contributed by atoms with E-state index in [2.05, 4.69) is 10.5 Å². The summed E-state index contributed by atoms with van der Waals surface area (Å²) in [6.07, 6.45) is 1.46. The highest BCUT2D eigenvalue weighted by molar-refractivity contribution is 5.95. The van der Waals surface area contributed by atoms with E-state index in [9.17, 15) is 14.7 Å². The van der Waals surface area contributed by atoms with Crippen molar-refractivity contribution in [2.24, 2.45) is 5.10 Å². The maximum Gasteiger partial charge on any atom is 0.343 e.